The Hall–Kier alpha value is -2.15. The molecule has 0 radical (unpaired) electrons. The zero-order valence-corrected chi connectivity index (χ0v) is 15.7. The molecule has 2 aliphatic heterocycles. The Bertz CT molecular complexity index is 919. The van der Waals surface area contributed by atoms with E-state index in [1.165, 1.54) is 0 Å². The third kappa shape index (κ3) is 2.40. The maximum absolute atomic E-state index is 13.2. The number of benzene rings is 1. The van der Waals surface area contributed by atoms with E-state index in [2.05, 4.69) is 20.9 Å². The van der Waals surface area contributed by atoms with Gasteiger partial charge in [-0.25, -0.2) is 9.78 Å². The van der Waals surface area contributed by atoms with E-state index in [1.54, 1.807) is 6.33 Å². The maximum atomic E-state index is 13.2. The van der Waals surface area contributed by atoms with Crippen molar-refractivity contribution in [2.45, 2.75) is 31.7 Å². The van der Waals surface area contributed by atoms with Crippen molar-refractivity contribution in [2.24, 2.45) is 5.92 Å². The van der Waals surface area contributed by atoms with Crippen LogP contribution in [0, 0.1) is 5.92 Å². The van der Waals surface area contributed by atoms with Crippen LogP contribution >= 0.6 is 15.9 Å². The predicted octanol–water partition coefficient (Wildman–Crippen LogP) is 3.49. The van der Waals surface area contributed by atoms with Crippen molar-refractivity contribution in [2.75, 3.05) is 13.2 Å². The molecule has 1 saturated heterocycles. The van der Waals surface area contributed by atoms with Gasteiger partial charge in [0.2, 0.25) is 0 Å². The molecular weight excluding hydrogens is 398 g/mol. The van der Waals surface area contributed by atoms with Gasteiger partial charge < -0.3 is 9.64 Å². The zero-order chi connectivity index (χ0) is 17.8. The van der Waals surface area contributed by atoms with Crippen LogP contribution in [0.5, 0.6) is 0 Å². The SMILES string of the molecule is O=C(OCC1CC1)c1ncn2c1[C@@H]1CCCN1C(=O)c1c(Br)cccc1-2. The second-order valence-electron chi connectivity index (χ2n) is 7.18. The second kappa shape index (κ2) is 5.94. The van der Waals surface area contributed by atoms with Gasteiger partial charge in [-0.05, 0) is 59.7 Å². The molecule has 0 bridgehead atoms. The molecule has 134 valence electrons. The monoisotopic (exact) mass is 415 g/mol. The molecule has 3 heterocycles. The minimum Gasteiger partial charge on any atom is -0.461 e. The van der Waals surface area contributed by atoms with Gasteiger partial charge in [0.05, 0.1) is 29.6 Å². The Labute approximate surface area is 159 Å². The normalized spacial score (nSPS) is 21.0. The fourth-order valence-electron chi connectivity index (χ4n) is 3.93. The number of aromatic nitrogens is 2. The first-order chi connectivity index (χ1) is 12.6. The van der Waals surface area contributed by atoms with E-state index in [9.17, 15) is 9.59 Å². The number of ether oxygens (including phenoxy) is 1. The molecule has 1 atom stereocenters. The Kier molecular flexibility index (Phi) is 3.67. The van der Waals surface area contributed by atoms with Crippen molar-refractivity contribution >= 4 is 27.8 Å². The molecule has 2 aromatic rings. The van der Waals surface area contributed by atoms with E-state index < -0.39 is 0 Å². The van der Waals surface area contributed by atoms with Gasteiger partial charge in [0.1, 0.15) is 6.33 Å². The highest BCUT2D eigenvalue weighted by Crippen LogP contribution is 2.41. The molecule has 6 nitrogen and oxygen atoms in total. The molecule has 7 heteroatoms. The third-order valence-electron chi connectivity index (χ3n) is 5.44. The molecule has 1 saturated carbocycles. The number of carbonyl (C=O) groups excluding carboxylic acids is 2. The third-order valence-corrected chi connectivity index (χ3v) is 6.10. The molecule has 5 rings (SSSR count). The predicted molar refractivity (Wildman–Crippen MR) is 97.3 cm³/mol. The summed E-state index contributed by atoms with van der Waals surface area (Å²) in [4.78, 5) is 32.1. The number of rotatable bonds is 3. The minimum absolute atomic E-state index is 0.00373. The van der Waals surface area contributed by atoms with Crippen molar-refractivity contribution in [3.8, 4) is 5.69 Å². The van der Waals surface area contributed by atoms with Gasteiger partial charge in [0, 0.05) is 11.0 Å². The molecule has 1 aliphatic carbocycles. The molecule has 1 amide bonds. The van der Waals surface area contributed by atoms with Crippen LogP contribution in [-0.4, -0.2) is 39.5 Å². The number of amides is 1. The number of fused-ring (bicyclic) bond motifs is 5. The molecule has 2 fully saturated rings. The van der Waals surface area contributed by atoms with Crippen molar-refractivity contribution in [1.82, 2.24) is 14.5 Å². The highest BCUT2D eigenvalue weighted by atomic mass is 79.9. The Morgan fingerprint density at radius 3 is 2.96 bits per heavy atom. The Morgan fingerprint density at radius 1 is 1.31 bits per heavy atom. The number of esters is 1. The van der Waals surface area contributed by atoms with E-state index >= 15 is 0 Å². The zero-order valence-electron chi connectivity index (χ0n) is 14.2. The topological polar surface area (TPSA) is 64.4 Å². The highest BCUT2D eigenvalue weighted by molar-refractivity contribution is 9.10. The van der Waals surface area contributed by atoms with Gasteiger partial charge in [-0.1, -0.05) is 6.07 Å². The summed E-state index contributed by atoms with van der Waals surface area (Å²) in [6, 6.07) is 5.51. The van der Waals surface area contributed by atoms with E-state index in [-0.39, 0.29) is 17.9 Å². The van der Waals surface area contributed by atoms with Crippen LogP contribution in [-0.2, 0) is 4.74 Å². The maximum Gasteiger partial charge on any atom is 0.358 e. The van der Waals surface area contributed by atoms with Crippen molar-refractivity contribution in [3.05, 3.63) is 46.0 Å². The molecular formula is C19H18BrN3O3. The molecule has 1 aromatic heterocycles. The molecule has 3 aliphatic rings. The number of imidazole rings is 1. The number of hydrogen-bond acceptors (Lipinski definition) is 4. The van der Waals surface area contributed by atoms with Crippen molar-refractivity contribution in [3.63, 3.8) is 0 Å². The lowest BCUT2D eigenvalue weighted by atomic mass is 10.1. The lowest BCUT2D eigenvalue weighted by molar-refractivity contribution is 0.0473. The summed E-state index contributed by atoms with van der Waals surface area (Å²) < 4.78 is 8.12. The standard InChI is InChI=1S/C19H18BrN3O3/c20-12-3-1-4-13-15(12)18(24)22-8-2-5-14(22)17-16(21-10-23(13)17)19(25)26-9-11-6-7-11/h1,3-4,10-11,14H,2,5-9H2/t14-/m0/s1. The van der Waals surface area contributed by atoms with Crippen LogP contribution < -0.4 is 0 Å². The molecule has 1 aromatic carbocycles. The largest absolute Gasteiger partial charge is 0.461 e. The number of halogens is 1. The number of nitrogens with zero attached hydrogens (tertiary/aromatic N) is 3. The average molecular weight is 416 g/mol. The second-order valence-corrected chi connectivity index (χ2v) is 8.04. The van der Waals surface area contributed by atoms with Gasteiger partial charge in [0.25, 0.3) is 5.91 Å². The summed E-state index contributed by atoms with van der Waals surface area (Å²) in [5.41, 5.74) is 2.48. The van der Waals surface area contributed by atoms with Crippen LogP contribution in [0.25, 0.3) is 5.69 Å². The van der Waals surface area contributed by atoms with Gasteiger partial charge in [0.15, 0.2) is 5.69 Å². The van der Waals surface area contributed by atoms with Crippen molar-refractivity contribution < 1.29 is 14.3 Å². The summed E-state index contributed by atoms with van der Waals surface area (Å²) in [5, 5.41) is 0. The number of hydrogen-bond donors (Lipinski definition) is 0. The van der Waals surface area contributed by atoms with Crippen LogP contribution in [0.15, 0.2) is 29.0 Å². The summed E-state index contributed by atoms with van der Waals surface area (Å²) in [6.45, 7) is 1.15. The van der Waals surface area contributed by atoms with E-state index in [0.29, 0.717) is 30.3 Å². The highest BCUT2D eigenvalue weighted by Gasteiger charge is 2.41. The molecule has 0 spiro atoms. The summed E-state index contributed by atoms with van der Waals surface area (Å²) in [7, 11) is 0. The average Bonchev–Trinajstić information content (AvgIpc) is 3.18. The Morgan fingerprint density at radius 2 is 2.15 bits per heavy atom. The molecule has 0 unspecified atom stereocenters. The van der Waals surface area contributed by atoms with Gasteiger partial charge in [-0.2, -0.15) is 0 Å². The quantitative estimate of drug-likeness (QED) is 0.719. The van der Waals surface area contributed by atoms with Gasteiger partial charge >= 0.3 is 5.97 Å². The van der Waals surface area contributed by atoms with Crippen molar-refractivity contribution in [1.29, 1.82) is 0 Å². The smallest absolute Gasteiger partial charge is 0.358 e. The fourth-order valence-corrected chi connectivity index (χ4v) is 4.46. The summed E-state index contributed by atoms with van der Waals surface area (Å²) in [6.07, 6.45) is 5.63. The number of carbonyl (C=O) groups is 2. The lowest BCUT2D eigenvalue weighted by Crippen LogP contribution is -2.30. The first-order valence-electron chi connectivity index (χ1n) is 8.99. The van der Waals surface area contributed by atoms with Crippen LogP contribution in [0.1, 0.15) is 58.3 Å². The fraction of sp³-hybridized carbons (Fsp3) is 0.421. The van der Waals surface area contributed by atoms with Crippen LogP contribution in [0.3, 0.4) is 0 Å². The van der Waals surface area contributed by atoms with Gasteiger partial charge in [-0.3, -0.25) is 9.36 Å². The Balaban J connectivity index is 1.64. The minimum atomic E-state index is -0.386. The summed E-state index contributed by atoms with van der Waals surface area (Å²) >= 11 is 3.52. The summed E-state index contributed by atoms with van der Waals surface area (Å²) in [5.74, 6) is 0.112. The van der Waals surface area contributed by atoms with E-state index in [4.69, 9.17) is 4.74 Å². The van der Waals surface area contributed by atoms with E-state index in [0.717, 1.165) is 41.5 Å². The van der Waals surface area contributed by atoms with E-state index in [1.807, 2.05) is 27.7 Å². The molecule has 26 heavy (non-hydrogen) atoms. The van der Waals surface area contributed by atoms with Crippen LogP contribution in [0.4, 0.5) is 0 Å². The first-order valence-corrected chi connectivity index (χ1v) is 9.78. The van der Waals surface area contributed by atoms with Gasteiger partial charge in [-0.15, -0.1) is 0 Å². The molecule has 0 N–H and O–H groups in total. The lowest BCUT2D eigenvalue weighted by Gasteiger charge is -2.23. The first kappa shape index (κ1) is 16.1. The van der Waals surface area contributed by atoms with Crippen LogP contribution in [0.2, 0.25) is 0 Å².